The van der Waals surface area contributed by atoms with E-state index in [1.54, 1.807) is 0 Å². The van der Waals surface area contributed by atoms with Crippen LogP contribution in [0, 0.1) is 17.8 Å². The Balaban J connectivity index is 1.49. The summed E-state index contributed by atoms with van der Waals surface area (Å²) in [6.07, 6.45) is 4.46. The lowest BCUT2D eigenvalue weighted by molar-refractivity contribution is -0.136. The van der Waals surface area contributed by atoms with Gasteiger partial charge in [-0.2, -0.15) is 0 Å². The molecule has 0 aliphatic heterocycles. The molecular formula is C21H25N3O2. The monoisotopic (exact) mass is 351 g/mol. The summed E-state index contributed by atoms with van der Waals surface area (Å²) in [6, 6.07) is 9.81. The molecular weight excluding hydrogens is 326 g/mol. The van der Waals surface area contributed by atoms with Gasteiger partial charge in [0.1, 0.15) is 11.6 Å². The van der Waals surface area contributed by atoms with E-state index in [9.17, 15) is 9.59 Å². The highest BCUT2D eigenvalue weighted by atomic mass is 16.2. The number of hydrogen-bond donors (Lipinski definition) is 1. The first-order chi connectivity index (χ1) is 12.5. The second-order valence-corrected chi connectivity index (χ2v) is 7.86. The molecule has 1 amide bonds. The highest BCUT2D eigenvalue weighted by Gasteiger charge is 2.41. The Morgan fingerprint density at radius 3 is 2.54 bits per heavy atom. The normalized spacial score (nSPS) is 25.2. The number of amides is 1. The minimum Gasteiger partial charge on any atom is -0.363 e. The standard InChI is InChI=1S/C21H25N3O2/c1-24(2)19-9-6-13-12-17(7-8-18(13)23-19)22-21(26)16-10-14-4-3-5-15(11-16)20(14)25/h6-9,12,14-16H,3-5,10-11H2,1-2H3,(H,22,26). The molecule has 2 bridgehead atoms. The molecule has 136 valence electrons. The number of carbonyl (C=O) groups excluding carboxylic acids is 2. The van der Waals surface area contributed by atoms with Gasteiger partial charge in [0.05, 0.1) is 5.52 Å². The number of ketones is 1. The molecule has 0 radical (unpaired) electrons. The van der Waals surface area contributed by atoms with Crippen molar-refractivity contribution in [2.75, 3.05) is 24.3 Å². The van der Waals surface area contributed by atoms with Gasteiger partial charge in [0.15, 0.2) is 0 Å². The van der Waals surface area contributed by atoms with Gasteiger partial charge in [-0.1, -0.05) is 6.42 Å². The van der Waals surface area contributed by atoms with Crippen LogP contribution in [0.25, 0.3) is 10.9 Å². The van der Waals surface area contributed by atoms with Gasteiger partial charge in [0.25, 0.3) is 0 Å². The summed E-state index contributed by atoms with van der Waals surface area (Å²) >= 11 is 0. The zero-order valence-electron chi connectivity index (χ0n) is 15.4. The Morgan fingerprint density at radius 2 is 1.85 bits per heavy atom. The molecule has 5 heteroatoms. The SMILES string of the molecule is CN(C)c1ccc2cc(NC(=O)C3CC4CCCC(C3)C4=O)ccc2n1. The first-order valence-corrected chi connectivity index (χ1v) is 9.44. The Kier molecular flexibility index (Phi) is 4.39. The molecule has 2 aliphatic carbocycles. The number of nitrogens with zero attached hydrogens (tertiary/aromatic N) is 2. The van der Waals surface area contributed by atoms with Gasteiger partial charge >= 0.3 is 0 Å². The molecule has 2 saturated carbocycles. The molecule has 0 saturated heterocycles. The zero-order chi connectivity index (χ0) is 18.3. The lowest BCUT2D eigenvalue weighted by Crippen LogP contribution is -2.40. The van der Waals surface area contributed by atoms with Crippen molar-refractivity contribution >= 4 is 34.1 Å². The number of benzene rings is 1. The van der Waals surface area contributed by atoms with Crippen molar-refractivity contribution in [3.8, 4) is 0 Å². The van der Waals surface area contributed by atoms with E-state index >= 15 is 0 Å². The molecule has 2 fully saturated rings. The summed E-state index contributed by atoms with van der Waals surface area (Å²) in [4.78, 5) is 31.5. The van der Waals surface area contributed by atoms with E-state index in [2.05, 4.69) is 10.3 Å². The third-order valence-electron chi connectivity index (χ3n) is 5.82. The van der Waals surface area contributed by atoms with Gasteiger partial charge < -0.3 is 10.2 Å². The fraction of sp³-hybridized carbons (Fsp3) is 0.476. The highest BCUT2D eigenvalue weighted by molar-refractivity contribution is 5.97. The summed E-state index contributed by atoms with van der Waals surface area (Å²) in [6.45, 7) is 0. The van der Waals surface area contributed by atoms with E-state index in [1.165, 1.54) is 0 Å². The van der Waals surface area contributed by atoms with E-state index in [4.69, 9.17) is 0 Å². The number of fused-ring (bicyclic) bond motifs is 3. The molecule has 1 aromatic carbocycles. The van der Waals surface area contributed by atoms with Gasteiger partial charge in [0, 0.05) is 42.9 Å². The van der Waals surface area contributed by atoms with E-state index in [0.717, 1.165) is 41.7 Å². The predicted molar refractivity (Wildman–Crippen MR) is 103 cm³/mol. The van der Waals surface area contributed by atoms with Gasteiger partial charge in [-0.25, -0.2) is 4.98 Å². The minimum atomic E-state index is -0.0482. The van der Waals surface area contributed by atoms with Crippen molar-refractivity contribution in [1.82, 2.24) is 4.98 Å². The number of hydrogen-bond acceptors (Lipinski definition) is 4. The second kappa shape index (κ2) is 6.71. The van der Waals surface area contributed by atoms with Crippen molar-refractivity contribution in [2.24, 2.45) is 17.8 Å². The van der Waals surface area contributed by atoms with E-state index in [1.807, 2.05) is 49.3 Å². The number of aromatic nitrogens is 1. The molecule has 2 aromatic rings. The van der Waals surface area contributed by atoms with E-state index in [0.29, 0.717) is 18.6 Å². The molecule has 5 nitrogen and oxygen atoms in total. The Morgan fingerprint density at radius 1 is 1.12 bits per heavy atom. The summed E-state index contributed by atoms with van der Waals surface area (Å²) in [5.74, 6) is 1.51. The molecule has 0 spiro atoms. The molecule has 4 rings (SSSR count). The van der Waals surface area contributed by atoms with Crippen LogP contribution in [0.5, 0.6) is 0 Å². The Bertz CT molecular complexity index is 845. The summed E-state index contributed by atoms with van der Waals surface area (Å²) in [5, 5.41) is 4.06. The van der Waals surface area contributed by atoms with E-state index in [-0.39, 0.29) is 23.7 Å². The van der Waals surface area contributed by atoms with Crippen molar-refractivity contribution in [1.29, 1.82) is 0 Å². The van der Waals surface area contributed by atoms with Crippen LogP contribution in [0.1, 0.15) is 32.1 Å². The number of rotatable bonds is 3. The van der Waals surface area contributed by atoms with Gasteiger partial charge in [-0.05, 0) is 56.0 Å². The maximum Gasteiger partial charge on any atom is 0.227 e. The molecule has 1 aromatic heterocycles. The zero-order valence-corrected chi connectivity index (χ0v) is 15.4. The van der Waals surface area contributed by atoms with Crippen molar-refractivity contribution in [3.63, 3.8) is 0 Å². The molecule has 2 aliphatic rings. The minimum absolute atomic E-state index is 0.0478. The smallest absolute Gasteiger partial charge is 0.227 e. The van der Waals surface area contributed by atoms with Crippen molar-refractivity contribution < 1.29 is 9.59 Å². The topological polar surface area (TPSA) is 62.3 Å². The van der Waals surface area contributed by atoms with Gasteiger partial charge in [-0.15, -0.1) is 0 Å². The fourth-order valence-corrected chi connectivity index (χ4v) is 4.38. The summed E-state index contributed by atoms with van der Waals surface area (Å²) in [7, 11) is 3.93. The van der Waals surface area contributed by atoms with Gasteiger partial charge in [0.2, 0.25) is 5.91 Å². The number of carbonyl (C=O) groups is 2. The van der Waals surface area contributed by atoms with Crippen LogP contribution in [0.3, 0.4) is 0 Å². The lowest BCUT2D eigenvalue weighted by atomic mass is 9.67. The first-order valence-electron chi connectivity index (χ1n) is 9.44. The quantitative estimate of drug-likeness (QED) is 0.917. The summed E-state index contributed by atoms with van der Waals surface area (Å²) < 4.78 is 0. The van der Waals surface area contributed by atoms with Crippen LogP contribution < -0.4 is 10.2 Å². The molecule has 1 heterocycles. The third kappa shape index (κ3) is 3.18. The average Bonchev–Trinajstić information content (AvgIpc) is 2.60. The van der Waals surface area contributed by atoms with Crippen molar-refractivity contribution in [2.45, 2.75) is 32.1 Å². The largest absolute Gasteiger partial charge is 0.363 e. The maximum absolute atomic E-state index is 12.7. The maximum atomic E-state index is 12.7. The van der Waals surface area contributed by atoms with Crippen molar-refractivity contribution in [3.05, 3.63) is 30.3 Å². The predicted octanol–water partition coefficient (Wildman–Crippen LogP) is 3.63. The first kappa shape index (κ1) is 17.0. The number of pyridine rings is 1. The fourth-order valence-electron chi connectivity index (χ4n) is 4.38. The number of Topliss-reactive ketones (excluding diaryl/α,β-unsaturated/α-hetero) is 1. The van der Waals surface area contributed by atoms with Crippen LogP contribution >= 0.6 is 0 Å². The average molecular weight is 351 g/mol. The second-order valence-electron chi connectivity index (χ2n) is 7.86. The van der Waals surface area contributed by atoms with Crippen LogP contribution in [0.15, 0.2) is 30.3 Å². The Hall–Kier alpha value is -2.43. The molecule has 2 unspecified atom stereocenters. The molecule has 2 atom stereocenters. The Labute approximate surface area is 153 Å². The van der Waals surface area contributed by atoms with Gasteiger partial charge in [-0.3, -0.25) is 9.59 Å². The lowest BCUT2D eigenvalue weighted by Gasteiger charge is -2.36. The third-order valence-corrected chi connectivity index (χ3v) is 5.82. The van der Waals surface area contributed by atoms with Crippen LogP contribution in [0.2, 0.25) is 0 Å². The summed E-state index contributed by atoms with van der Waals surface area (Å²) in [5.41, 5.74) is 1.70. The van der Waals surface area contributed by atoms with Crippen LogP contribution in [0.4, 0.5) is 11.5 Å². The molecule has 1 N–H and O–H groups in total. The number of anilines is 2. The van der Waals surface area contributed by atoms with E-state index < -0.39 is 0 Å². The van der Waals surface area contributed by atoms with Crippen LogP contribution in [-0.2, 0) is 9.59 Å². The molecule has 26 heavy (non-hydrogen) atoms. The van der Waals surface area contributed by atoms with Crippen LogP contribution in [-0.4, -0.2) is 30.8 Å². The highest BCUT2D eigenvalue weighted by Crippen LogP contribution is 2.40. The number of nitrogens with one attached hydrogen (secondary N) is 1.